The molecule has 0 fully saturated rings. The number of benzene rings is 1. The van der Waals surface area contributed by atoms with E-state index >= 15 is 0 Å². The van der Waals surface area contributed by atoms with Crippen LogP contribution in [0, 0.1) is 6.92 Å². The maximum Gasteiger partial charge on any atom is 0.325 e. The van der Waals surface area contributed by atoms with Gasteiger partial charge in [-0.3, -0.25) is 9.59 Å². The molecule has 2 rings (SSSR count). The van der Waals surface area contributed by atoms with Gasteiger partial charge in [-0.2, -0.15) is 0 Å². The van der Waals surface area contributed by atoms with Crippen molar-refractivity contribution in [2.45, 2.75) is 27.3 Å². The highest BCUT2D eigenvalue weighted by Gasteiger charge is 2.18. The van der Waals surface area contributed by atoms with Crippen LogP contribution in [0.1, 0.15) is 29.9 Å². The molecule has 4 heteroatoms. The summed E-state index contributed by atoms with van der Waals surface area (Å²) in [4.78, 5) is 23.4. The van der Waals surface area contributed by atoms with Crippen molar-refractivity contribution in [3.05, 3.63) is 35.5 Å². The van der Waals surface area contributed by atoms with Crippen molar-refractivity contribution >= 4 is 22.7 Å². The number of carbonyl (C=O) groups is 2. The molecule has 0 N–H and O–H groups in total. The molecule has 0 amide bonds. The van der Waals surface area contributed by atoms with E-state index in [1.807, 2.05) is 35.8 Å². The molecule has 0 unspecified atom stereocenters. The second-order valence-corrected chi connectivity index (χ2v) is 4.42. The fourth-order valence-electron chi connectivity index (χ4n) is 2.41. The lowest BCUT2D eigenvalue weighted by Gasteiger charge is -2.07. The SMILES string of the molecule is CCOC(=O)Cn1c(C)c(C(C)=O)c2ccccc21. The van der Waals surface area contributed by atoms with Gasteiger partial charge in [0.1, 0.15) is 6.54 Å². The largest absolute Gasteiger partial charge is 0.465 e. The average Bonchev–Trinajstić information content (AvgIpc) is 2.63. The van der Waals surface area contributed by atoms with Gasteiger partial charge < -0.3 is 9.30 Å². The Morgan fingerprint density at radius 3 is 2.58 bits per heavy atom. The molecule has 0 saturated heterocycles. The van der Waals surface area contributed by atoms with Crippen LogP contribution in [0.5, 0.6) is 0 Å². The van der Waals surface area contributed by atoms with Crippen LogP contribution < -0.4 is 0 Å². The van der Waals surface area contributed by atoms with Crippen molar-refractivity contribution in [1.82, 2.24) is 4.57 Å². The summed E-state index contributed by atoms with van der Waals surface area (Å²) in [6.45, 7) is 5.67. The molecule has 0 atom stereocenters. The Labute approximate surface area is 112 Å². The number of ketones is 1. The van der Waals surface area contributed by atoms with E-state index in [4.69, 9.17) is 4.74 Å². The summed E-state index contributed by atoms with van der Waals surface area (Å²) in [6.07, 6.45) is 0. The second kappa shape index (κ2) is 5.26. The number of hydrogen-bond acceptors (Lipinski definition) is 3. The maximum atomic E-state index is 11.8. The zero-order valence-electron chi connectivity index (χ0n) is 11.4. The summed E-state index contributed by atoms with van der Waals surface area (Å²) >= 11 is 0. The summed E-state index contributed by atoms with van der Waals surface area (Å²) in [5, 5.41) is 0.886. The Kier molecular flexibility index (Phi) is 3.69. The van der Waals surface area contributed by atoms with E-state index in [-0.39, 0.29) is 18.3 Å². The number of para-hydroxylation sites is 1. The number of carbonyl (C=O) groups excluding carboxylic acids is 2. The summed E-state index contributed by atoms with van der Waals surface area (Å²) < 4.78 is 6.81. The normalized spacial score (nSPS) is 10.7. The summed E-state index contributed by atoms with van der Waals surface area (Å²) in [7, 11) is 0. The van der Waals surface area contributed by atoms with E-state index in [0.717, 1.165) is 16.6 Å². The molecule has 4 nitrogen and oxygen atoms in total. The summed E-state index contributed by atoms with van der Waals surface area (Å²) in [5.41, 5.74) is 2.37. The van der Waals surface area contributed by atoms with Gasteiger partial charge in [0.05, 0.1) is 6.61 Å². The Hall–Kier alpha value is -2.10. The number of esters is 1. The Morgan fingerprint density at radius 1 is 1.26 bits per heavy atom. The van der Waals surface area contributed by atoms with Crippen molar-refractivity contribution in [3.8, 4) is 0 Å². The van der Waals surface area contributed by atoms with E-state index in [9.17, 15) is 9.59 Å². The number of rotatable bonds is 4. The molecule has 19 heavy (non-hydrogen) atoms. The van der Waals surface area contributed by atoms with Gasteiger partial charge in [0.15, 0.2) is 5.78 Å². The fraction of sp³-hybridized carbons (Fsp3) is 0.333. The Bertz CT molecular complexity index is 640. The third-order valence-electron chi connectivity index (χ3n) is 3.18. The van der Waals surface area contributed by atoms with Gasteiger partial charge in [-0.25, -0.2) is 0 Å². The van der Waals surface area contributed by atoms with Crippen molar-refractivity contribution < 1.29 is 14.3 Å². The molecule has 0 aliphatic carbocycles. The fourth-order valence-corrected chi connectivity index (χ4v) is 2.41. The number of ether oxygens (including phenoxy) is 1. The summed E-state index contributed by atoms with van der Waals surface area (Å²) in [6, 6.07) is 7.60. The standard InChI is InChI=1S/C15H17NO3/c1-4-19-14(18)9-16-10(2)15(11(3)17)12-7-5-6-8-13(12)16/h5-8H,4,9H2,1-3H3. The van der Waals surface area contributed by atoms with Crippen LogP contribution in [0.3, 0.4) is 0 Å². The van der Waals surface area contributed by atoms with Crippen LogP contribution in [0.4, 0.5) is 0 Å². The predicted molar refractivity (Wildman–Crippen MR) is 73.3 cm³/mol. The molecule has 100 valence electrons. The lowest BCUT2D eigenvalue weighted by atomic mass is 10.1. The quantitative estimate of drug-likeness (QED) is 0.626. The molecule has 0 aliphatic rings. The third kappa shape index (κ3) is 2.38. The molecule has 0 saturated carbocycles. The monoisotopic (exact) mass is 259 g/mol. The first-order chi connectivity index (χ1) is 9.06. The van der Waals surface area contributed by atoms with E-state index in [0.29, 0.717) is 12.2 Å². The number of hydrogen-bond donors (Lipinski definition) is 0. The van der Waals surface area contributed by atoms with E-state index in [1.165, 1.54) is 0 Å². The second-order valence-electron chi connectivity index (χ2n) is 4.42. The highest BCUT2D eigenvalue weighted by molar-refractivity contribution is 6.08. The van der Waals surface area contributed by atoms with E-state index < -0.39 is 0 Å². The smallest absolute Gasteiger partial charge is 0.325 e. The van der Waals surface area contributed by atoms with Gasteiger partial charge in [0.25, 0.3) is 0 Å². The Balaban J connectivity index is 2.57. The van der Waals surface area contributed by atoms with Gasteiger partial charge >= 0.3 is 5.97 Å². The summed E-state index contributed by atoms with van der Waals surface area (Å²) in [5.74, 6) is -0.280. The molecule has 1 aromatic heterocycles. The van der Waals surface area contributed by atoms with Gasteiger partial charge in [-0.05, 0) is 26.8 Å². The van der Waals surface area contributed by atoms with E-state index in [2.05, 4.69) is 0 Å². The number of fused-ring (bicyclic) bond motifs is 1. The minimum Gasteiger partial charge on any atom is -0.465 e. The molecular formula is C15H17NO3. The Morgan fingerprint density at radius 2 is 1.95 bits per heavy atom. The lowest BCUT2D eigenvalue weighted by molar-refractivity contribution is -0.143. The van der Waals surface area contributed by atoms with Crippen LogP contribution in [0.25, 0.3) is 10.9 Å². The van der Waals surface area contributed by atoms with E-state index in [1.54, 1.807) is 13.8 Å². The van der Waals surface area contributed by atoms with Crippen molar-refractivity contribution in [2.24, 2.45) is 0 Å². The maximum absolute atomic E-state index is 11.8. The van der Waals surface area contributed by atoms with Crippen molar-refractivity contribution in [2.75, 3.05) is 6.61 Å². The first kappa shape index (κ1) is 13.3. The predicted octanol–water partition coefficient (Wildman–Crippen LogP) is 2.72. The van der Waals surface area contributed by atoms with Gasteiger partial charge in [-0.1, -0.05) is 18.2 Å². The molecule has 0 spiro atoms. The third-order valence-corrected chi connectivity index (χ3v) is 3.18. The number of nitrogens with zero attached hydrogens (tertiary/aromatic N) is 1. The minimum atomic E-state index is -0.290. The molecule has 1 aromatic carbocycles. The van der Waals surface area contributed by atoms with Crippen LogP contribution in [0.2, 0.25) is 0 Å². The van der Waals surface area contributed by atoms with Gasteiger partial charge in [0.2, 0.25) is 0 Å². The molecule has 1 heterocycles. The van der Waals surface area contributed by atoms with Crippen LogP contribution in [0.15, 0.2) is 24.3 Å². The van der Waals surface area contributed by atoms with Gasteiger partial charge in [-0.15, -0.1) is 0 Å². The molecular weight excluding hydrogens is 242 g/mol. The highest BCUT2D eigenvalue weighted by atomic mass is 16.5. The first-order valence-electron chi connectivity index (χ1n) is 6.30. The average molecular weight is 259 g/mol. The van der Waals surface area contributed by atoms with Crippen LogP contribution >= 0.6 is 0 Å². The molecule has 0 radical (unpaired) electrons. The first-order valence-corrected chi connectivity index (χ1v) is 6.30. The van der Waals surface area contributed by atoms with Crippen molar-refractivity contribution in [1.29, 1.82) is 0 Å². The zero-order valence-corrected chi connectivity index (χ0v) is 11.4. The van der Waals surface area contributed by atoms with Crippen LogP contribution in [-0.4, -0.2) is 22.9 Å². The van der Waals surface area contributed by atoms with Crippen LogP contribution in [-0.2, 0) is 16.1 Å². The highest BCUT2D eigenvalue weighted by Crippen LogP contribution is 2.26. The zero-order chi connectivity index (χ0) is 14.0. The van der Waals surface area contributed by atoms with Crippen molar-refractivity contribution in [3.63, 3.8) is 0 Å². The number of Topliss-reactive ketones (excluding diaryl/α,β-unsaturated/α-hetero) is 1. The topological polar surface area (TPSA) is 48.3 Å². The molecule has 0 aliphatic heterocycles. The lowest BCUT2D eigenvalue weighted by Crippen LogP contribution is -2.14. The van der Waals surface area contributed by atoms with Gasteiger partial charge in [0, 0.05) is 22.2 Å². The minimum absolute atomic E-state index is 0.0105. The molecule has 0 bridgehead atoms. The number of aromatic nitrogens is 1. The molecule has 2 aromatic rings.